The van der Waals surface area contributed by atoms with E-state index in [0.29, 0.717) is 23.9 Å². The van der Waals surface area contributed by atoms with Crippen molar-refractivity contribution in [2.45, 2.75) is 6.42 Å². The molecule has 106 valence electrons. The molecule has 3 N–H and O–H groups in total. The molecule has 0 unspecified atom stereocenters. The summed E-state index contributed by atoms with van der Waals surface area (Å²) in [5, 5.41) is 3.22. The molecule has 0 aliphatic rings. The standard InChI is InChI=1S/C15H19N3O2/c1-19-13-6-4-3-5-11(13)9-10-17-15-12(16)7-8-14(18-15)20-2/h3-8H,9-10,16H2,1-2H3,(H,17,18). The van der Waals surface area contributed by atoms with E-state index in [9.17, 15) is 0 Å². The Balaban J connectivity index is 1.99. The van der Waals surface area contributed by atoms with Crippen LogP contribution in [0.15, 0.2) is 36.4 Å². The summed E-state index contributed by atoms with van der Waals surface area (Å²) in [4.78, 5) is 4.27. The summed E-state index contributed by atoms with van der Waals surface area (Å²) in [7, 11) is 3.25. The molecule has 0 amide bonds. The molecule has 2 aromatic rings. The topological polar surface area (TPSA) is 69.4 Å². The van der Waals surface area contributed by atoms with Gasteiger partial charge in [0.05, 0.1) is 19.9 Å². The van der Waals surface area contributed by atoms with Crippen molar-refractivity contribution in [3.8, 4) is 11.6 Å². The minimum absolute atomic E-state index is 0.541. The maximum Gasteiger partial charge on any atom is 0.215 e. The highest BCUT2D eigenvalue weighted by Crippen LogP contribution is 2.21. The van der Waals surface area contributed by atoms with E-state index in [0.717, 1.165) is 17.7 Å². The highest BCUT2D eigenvalue weighted by Gasteiger charge is 2.05. The van der Waals surface area contributed by atoms with Crippen LogP contribution in [-0.4, -0.2) is 25.7 Å². The van der Waals surface area contributed by atoms with Gasteiger partial charge in [-0.3, -0.25) is 0 Å². The normalized spacial score (nSPS) is 10.1. The van der Waals surface area contributed by atoms with Gasteiger partial charge in [0.25, 0.3) is 0 Å². The number of methoxy groups -OCH3 is 2. The first-order valence-electron chi connectivity index (χ1n) is 6.41. The molecule has 1 aromatic heterocycles. The smallest absolute Gasteiger partial charge is 0.215 e. The second kappa shape index (κ2) is 6.65. The lowest BCUT2D eigenvalue weighted by atomic mass is 10.1. The van der Waals surface area contributed by atoms with Gasteiger partial charge in [0, 0.05) is 12.6 Å². The zero-order chi connectivity index (χ0) is 14.4. The van der Waals surface area contributed by atoms with Crippen molar-refractivity contribution in [1.82, 2.24) is 4.98 Å². The van der Waals surface area contributed by atoms with Gasteiger partial charge >= 0.3 is 0 Å². The van der Waals surface area contributed by atoms with Gasteiger partial charge in [-0.15, -0.1) is 0 Å². The average molecular weight is 273 g/mol. The van der Waals surface area contributed by atoms with Crippen molar-refractivity contribution in [1.29, 1.82) is 0 Å². The fraction of sp³-hybridized carbons (Fsp3) is 0.267. The van der Waals surface area contributed by atoms with Crippen LogP contribution in [0.4, 0.5) is 11.5 Å². The van der Waals surface area contributed by atoms with E-state index in [4.69, 9.17) is 15.2 Å². The van der Waals surface area contributed by atoms with E-state index < -0.39 is 0 Å². The number of ether oxygens (including phenoxy) is 2. The highest BCUT2D eigenvalue weighted by molar-refractivity contribution is 5.62. The summed E-state index contributed by atoms with van der Waals surface area (Å²) in [5.41, 5.74) is 7.62. The second-order valence-electron chi connectivity index (χ2n) is 4.28. The van der Waals surface area contributed by atoms with Crippen molar-refractivity contribution in [3.63, 3.8) is 0 Å². The Morgan fingerprint density at radius 3 is 2.65 bits per heavy atom. The number of hydrogen-bond donors (Lipinski definition) is 2. The molecule has 0 spiro atoms. The quantitative estimate of drug-likeness (QED) is 0.845. The number of aromatic nitrogens is 1. The van der Waals surface area contributed by atoms with Crippen LogP contribution < -0.4 is 20.5 Å². The van der Waals surface area contributed by atoms with Gasteiger partial charge in [-0.1, -0.05) is 18.2 Å². The summed E-state index contributed by atoms with van der Waals surface area (Å²) in [6.45, 7) is 0.713. The Hall–Kier alpha value is -2.43. The van der Waals surface area contributed by atoms with Gasteiger partial charge < -0.3 is 20.5 Å². The molecule has 0 atom stereocenters. The van der Waals surface area contributed by atoms with Crippen LogP contribution in [-0.2, 0) is 6.42 Å². The van der Waals surface area contributed by atoms with E-state index in [1.165, 1.54) is 0 Å². The lowest BCUT2D eigenvalue weighted by Gasteiger charge is -2.11. The van der Waals surface area contributed by atoms with Crippen LogP contribution >= 0.6 is 0 Å². The van der Waals surface area contributed by atoms with Crippen molar-refractivity contribution in [2.24, 2.45) is 0 Å². The van der Waals surface area contributed by atoms with Crippen LogP contribution in [0.5, 0.6) is 11.6 Å². The van der Waals surface area contributed by atoms with Crippen LogP contribution in [0, 0.1) is 0 Å². The molecule has 0 aliphatic heterocycles. The lowest BCUT2D eigenvalue weighted by molar-refractivity contribution is 0.398. The fourth-order valence-corrected chi connectivity index (χ4v) is 1.93. The van der Waals surface area contributed by atoms with Crippen molar-refractivity contribution in [2.75, 3.05) is 31.8 Å². The number of nitrogens with one attached hydrogen (secondary N) is 1. The van der Waals surface area contributed by atoms with E-state index >= 15 is 0 Å². The first kappa shape index (κ1) is 14.0. The third kappa shape index (κ3) is 3.32. The van der Waals surface area contributed by atoms with Crippen molar-refractivity contribution < 1.29 is 9.47 Å². The molecule has 2 rings (SSSR count). The van der Waals surface area contributed by atoms with Gasteiger partial charge in [0.15, 0.2) is 5.82 Å². The number of anilines is 2. The summed E-state index contributed by atoms with van der Waals surface area (Å²) >= 11 is 0. The number of nitrogen functional groups attached to an aromatic ring is 1. The summed E-state index contributed by atoms with van der Waals surface area (Å²) in [6, 6.07) is 11.5. The second-order valence-corrected chi connectivity index (χ2v) is 4.28. The zero-order valence-electron chi connectivity index (χ0n) is 11.7. The molecule has 0 aliphatic carbocycles. The first-order valence-corrected chi connectivity index (χ1v) is 6.41. The number of benzene rings is 1. The zero-order valence-corrected chi connectivity index (χ0v) is 11.7. The molecule has 5 heteroatoms. The third-order valence-electron chi connectivity index (χ3n) is 2.99. The fourth-order valence-electron chi connectivity index (χ4n) is 1.93. The Morgan fingerprint density at radius 1 is 1.10 bits per heavy atom. The molecular formula is C15H19N3O2. The Kier molecular flexibility index (Phi) is 4.65. The number of nitrogens with two attached hydrogens (primary N) is 1. The number of para-hydroxylation sites is 1. The SMILES string of the molecule is COc1ccc(N)c(NCCc2ccccc2OC)n1. The molecule has 1 aromatic carbocycles. The Labute approximate surface area is 118 Å². The van der Waals surface area contributed by atoms with Crippen LogP contribution in [0.25, 0.3) is 0 Å². The van der Waals surface area contributed by atoms with Crippen molar-refractivity contribution in [3.05, 3.63) is 42.0 Å². The monoisotopic (exact) mass is 273 g/mol. The Morgan fingerprint density at radius 2 is 1.90 bits per heavy atom. The molecule has 20 heavy (non-hydrogen) atoms. The van der Waals surface area contributed by atoms with Gasteiger partial charge in [0.2, 0.25) is 5.88 Å². The first-order chi connectivity index (χ1) is 9.74. The maximum absolute atomic E-state index is 5.87. The van der Waals surface area contributed by atoms with Crippen LogP contribution in [0.2, 0.25) is 0 Å². The Bertz CT molecular complexity index is 573. The van der Waals surface area contributed by atoms with E-state index in [-0.39, 0.29) is 0 Å². The van der Waals surface area contributed by atoms with Crippen LogP contribution in [0.3, 0.4) is 0 Å². The summed E-state index contributed by atoms with van der Waals surface area (Å²) < 4.78 is 10.4. The number of pyridine rings is 1. The minimum Gasteiger partial charge on any atom is -0.496 e. The average Bonchev–Trinajstić information content (AvgIpc) is 2.49. The maximum atomic E-state index is 5.87. The van der Waals surface area contributed by atoms with E-state index in [1.807, 2.05) is 24.3 Å². The molecule has 0 saturated heterocycles. The summed E-state index contributed by atoms with van der Waals surface area (Å²) in [5.74, 6) is 2.07. The highest BCUT2D eigenvalue weighted by atomic mass is 16.5. The molecule has 0 radical (unpaired) electrons. The minimum atomic E-state index is 0.541. The molecule has 0 saturated carbocycles. The van der Waals surface area contributed by atoms with E-state index in [2.05, 4.69) is 10.3 Å². The molecule has 0 fully saturated rings. The number of nitrogens with zero attached hydrogens (tertiary/aromatic N) is 1. The van der Waals surface area contributed by atoms with Crippen molar-refractivity contribution >= 4 is 11.5 Å². The summed E-state index contributed by atoms with van der Waals surface area (Å²) in [6.07, 6.45) is 0.822. The van der Waals surface area contributed by atoms with Gasteiger partial charge in [-0.25, -0.2) is 0 Å². The van der Waals surface area contributed by atoms with Gasteiger partial charge in [0.1, 0.15) is 5.75 Å². The number of hydrogen-bond acceptors (Lipinski definition) is 5. The predicted molar refractivity (Wildman–Crippen MR) is 80.4 cm³/mol. The lowest BCUT2D eigenvalue weighted by Crippen LogP contribution is -2.09. The third-order valence-corrected chi connectivity index (χ3v) is 2.99. The number of rotatable bonds is 6. The largest absolute Gasteiger partial charge is 0.496 e. The predicted octanol–water partition coefficient (Wildman–Crippen LogP) is 2.34. The van der Waals surface area contributed by atoms with Gasteiger partial charge in [-0.2, -0.15) is 4.98 Å². The molecule has 1 heterocycles. The van der Waals surface area contributed by atoms with Crippen LogP contribution in [0.1, 0.15) is 5.56 Å². The molecule has 5 nitrogen and oxygen atoms in total. The van der Waals surface area contributed by atoms with E-state index in [1.54, 1.807) is 26.4 Å². The van der Waals surface area contributed by atoms with Gasteiger partial charge in [-0.05, 0) is 24.1 Å². The molecular weight excluding hydrogens is 254 g/mol. The molecule has 0 bridgehead atoms.